The predicted molar refractivity (Wildman–Crippen MR) is 64.7 cm³/mol. The summed E-state index contributed by atoms with van der Waals surface area (Å²) < 4.78 is 7.74. The Morgan fingerprint density at radius 3 is 2.75 bits per heavy atom. The van der Waals surface area contributed by atoms with Crippen LogP contribution in [0.15, 0.2) is 6.07 Å². The minimum Gasteiger partial charge on any atom is -0.477 e. The number of fused-ring (bicyclic) bond motifs is 1. The molecule has 0 aromatic carbocycles. The van der Waals surface area contributed by atoms with E-state index in [9.17, 15) is 0 Å². The van der Waals surface area contributed by atoms with Crippen molar-refractivity contribution < 1.29 is 4.74 Å². The van der Waals surface area contributed by atoms with E-state index in [1.165, 1.54) is 0 Å². The Hall–Kier alpha value is -0.990. The molecule has 90 valence electrons. The molecule has 16 heavy (non-hydrogen) atoms. The van der Waals surface area contributed by atoms with Gasteiger partial charge in [0, 0.05) is 11.5 Å². The lowest BCUT2D eigenvalue weighted by Gasteiger charge is -2.29. The van der Waals surface area contributed by atoms with E-state index in [0.717, 1.165) is 31.1 Å². The van der Waals surface area contributed by atoms with Crippen LogP contribution in [-0.2, 0) is 13.0 Å². The quantitative estimate of drug-likeness (QED) is 0.730. The molecule has 1 aromatic rings. The summed E-state index contributed by atoms with van der Waals surface area (Å²) in [6, 6.07) is 2.08. The third-order valence-corrected chi connectivity index (χ3v) is 2.69. The van der Waals surface area contributed by atoms with E-state index < -0.39 is 0 Å². The molecule has 0 saturated carbocycles. The second-order valence-corrected chi connectivity index (χ2v) is 6.82. The molecule has 3 heteroatoms. The van der Waals surface area contributed by atoms with E-state index in [-0.39, 0.29) is 10.8 Å². The maximum absolute atomic E-state index is 5.73. The van der Waals surface area contributed by atoms with Gasteiger partial charge < -0.3 is 4.74 Å². The number of hydrogen-bond donors (Lipinski definition) is 0. The van der Waals surface area contributed by atoms with Gasteiger partial charge in [0.05, 0.1) is 18.8 Å². The molecule has 0 amide bonds. The van der Waals surface area contributed by atoms with E-state index in [2.05, 4.69) is 45.8 Å². The molecule has 1 aliphatic heterocycles. The summed E-state index contributed by atoms with van der Waals surface area (Å²) in [7, 11) is 0. The van der Waals surface area contributed by atoms with Crippen molar-refractivity contribution in [3.05, 3.63) is 11.8 Å². The fraction of sp³-hybridized carbons (Fsp3) is 0.769. The van der Waals surface area contributed by atoms with Crippen LogP contribution in [0.25, 0.3) is 0 Å². The van der Waals surface area contributed by atoms with Crippen LogP contribution in [0.3, 0.4) is 0 Å². The standard InChI is InChI=1S/C13H22N2O/c1-12(2,3)7-10-6-11-15(14-10)8-13(4,5)9-16-11/h6H,7-9H2,1-5H3. The first-order chi connectivity index (χ1) is 7.25. The fourth-order valence-corrected chi connectivity index (χ4v) is 2.03. The second-order valence-electron chi connectivity index (χ2n) is 6.82. The molecule has 3 nitrogen and oxygen atoms in total. The highest BCUT2D eigenvalue weighted by atomic mass is 16.5. The molecule has 1 aromatic heterocycles. The van der Waals surface area contributed by atoms with E-state index in [1.807, 2.05) is 4.68 Å². The molecule has 2 heterocycles. The van der Waals surface area contributed by atoms with Gasteiger partial charge in [0.25, 0.3) is 0 Å². The number of nitrogens with zero attached hydrogens (tertiary/aromatic N) is 2. The average molecular weight is 222 g/mol. The molecule has 0 spiro atoms. The highest BCUT2D eigenvalue weighted by molar-refractivity contribution is 5.19. The molecular weight excluding hydrogens is 200 g/mol. The van der Waals surface area contributed by atoms with Crippen molar-refractivity contribution in [1.82, 2.24) is 9.78 Å². The molecule has 0 atom stereocenters. The summed E-state index contributed by atoms with van der Waals surface area (Å²) in [5.41, 5.74) is 1.61. The molecule has 0 unspecified atom stereocenters. The van der Waals surface area contributed by atoms with Crippen molar-refractivity contribution in [2.45, 2.75) is 47.6 Å². The fourth-order valence-electron chi connectivity index (χ4n) is 2.03. The minimum atomic E-state index is 0.192. The SMILES string of the molecule is CC(C)(C)Cc1cc2n(n1)CC(C)(C)CO2. The smallest absolute Gasteiger partial charge is 0.212 e. The predicted octanol–water partition coefficient (Wildman–Crippen LogP) is 2.89. The number of rotatable bonds is 1. The number of hydrogen-bond acceptors (Lipinski definition) is 2. The van der Waals surface area contributed by atoms with Crippen LogP contribution in [0.4, 0.5) is 0 Å². The Labute approximate surface area is 97.8 Å². The highest BCUT2D eigenvalue weighted by Crippen LogP contribution is 2.30. The Kier molecular flexibility index (Phi) is 2.52. The number of ether oxygens (including phenoxy) is 1. The normalized spacial score (nSPS) is 19.1. The first-order valence-electron chi connectivity index (χ1n) is 5.95. The highest BCUT2D eigenvalue weighted by Gasteiger charge is 2.28. The molecule has 1 aliphatic rings. The molecular formula is C13H22N2O. The third kappa shape index (κ3) is 2.57. The molecule has 0 aliphatic carbocycles. The van der Waals surface area contributed by atoms with Crippen LogP contribution in [0, 0.1) is 10.8 Å². The zero-order valence-electron chi connectivity index (χ0n) is 11.0. The van der Waals surface area contributed by atoms with Crippen LogP contribution >= 0.6 is 0 Å². The van der Waals surface area contributed by atoms with Crippen LogP contribution in [0.5, 0.6) is 5.88 Å². The first kappa shape index (κ1) is 11.5. The molecule has 0 bridgehead atoms. The minimum absolute atomic E-state index is 0.192. The van der Waals surface area contributed by atoms with Crippen LogP contribution in [-0.4, -0.2) is 16.4 Å². The van der Waals surface area contributed by atoms with Gasteiger partial charge in [-0.05, 0) is 11.8 Å². The summed E-state index contributed by atoms with van der Waals surface area (Å²) in [6.07, 6.45) is 0.997. The van der Waals surface area contributed by atoms with Gasteiger partial charge in [-0.15, -0.1) is 0 Å². The summed E-state index contributed by atoms with van der Waals surface area (Å²) in [5.74, 6) is 0.929. The Morgan fingerprint density at radius 1 is 1.44 bits per heavy atom. The maximum atomic E-state index is 5.73. The van der Waals surface area contributed by atoms with Gasteiger partial charge in [0.1, 0.15) is 0 Å². The Balaban J connectivity index is 2.19. The monoisotopic (exact) mass is 222 g/mol. The van der Waals surface area contributed by atoms with Crippen molar-refractivity contribution >= 4 is 0 Å². The average Bonchev–Trinajstić information content (AvgIpc) is 2.40. The van der Waals surface area contributed by atoms with E-state index in [1.54, 1.807) is 0 Å². The molecule has 0 radical (unpaired) electrons. The summed E-state index contributed by atoms with van der Waals surface area (Å²) in [6.45, 7) is 12.9. The van der Waals surface area contributed by atoms with Gasteiger partial charge in [-0.2, -0.15) is 5.10 Å². The van der Waals surface area contributed by atoms with Gasteiger partial charge >= 0.3 is 0 Å². The summed E-state index contributed by atoms with van der Waals surface area (Å²) in [5, 5.41) is 4.62. The Bertz CT molecular complexity index is 385. The van der Waals surface area contributed by atoms with Gasteiger partial charge in [-0.1, -0.05) is 34.6 Å². The van der Waals surface area contributed by atoms with Crippen LogP contribution in [0.1, 0.15) is 40.3 Å². The van der Waals surface area contributed by atoms with E-state index >= 15 is 0 Å². The Morgan fingerprint density at radius 2 is 2.12 bits per heavy atom. The van der Waals surface area contributed by atoms with Gasteiger partial charge in [0.2, 0.25) is 5.88 Å². The van der Waals surface area contributed by atoms with Gasteiger partial charge in [0.15, 0.2) is 0 Å². The van der Waals surface area contributed by atoms with Crippen molar-refractivity contribution in [3.63, 3.8) is 0 Å². The van der Waals surface area contributed by atoms with Crippen molar-refractivity contribution in [2.75, 3.05) is 6.61 Å². The van der Waals surface area contributed by atoms with Crippen molar-refractivity contribution in [3.8, 4) is 5.88 Å². The topological polar surface area (TPSA) is 27.1 Å². The second kappa shape index (κ2) is 3.51. The lowest BCUT2D eigenvalue weighted by molar-refractivity contribution is 0.100. The lowest BCUT2D eigenvalue weighted by atomic mass is 9.91. The third-order valence-electron chi connectivity index (χ3n) is 2.69. The zero-order chi connectivity index (χ0) is 12.0. The van der Waals surface area contributed by atoms with Gasteiger partial charge in [-0.25, -0.2) is 4.68 Å². The van der Waals surface area contributed by atoms with Crippen LogP contribution < -0.4 is 4.74 Å². The van der Waals surface area contributed by atoms with Gasteiger partial charge in [-0.3, -0.25) is 0 Å². The van der Waals surface area contributed by atoms with E-state index in [4.69, 9.17) is 4.74 Å². The molecule has 0 N–H and O–H groups in total. The first-order valence-corrected chi connectivity index (χ1v) is 5.95. The van der Waals surface area contributed by atoms with Crippen molar-refractivity contribution in [2.24, 2.45) is 10.8 Å². The molecule has 0 saturated heterocycles. The van der Waals surface area contributed by atoms with Crippen molar-refractivity contribution in [1.29, 1.82) is 0 Å². The summed E-state index contributed by atoms with van der Waals surface area (Å²) in [4.78, 5) is 0. The summed E-state index contributed by atoms with van der Waals surface area (Å²) >= 11 is 0. The van der Waals surface area contributed by atoms with Crippen LogP contribution in [0.2, 0.25) is 0 Å². The maximum Gasteiger partial charge on any atom is 0.212 e. The molecule has 2 rings (SSSR count). The van der Waals surface area contributed by atoms with E-state index in [0.29, 0.717) is 0 Å². The zero-order valence-corrected chi connectivity index (χ0v) is 11.0. The molecule has 0 fully saturated rings. The largest absolute Gasteiger partial charge is 0.477 e. The number of aromatic nitrogens is 2. The lowest BCUT2D eigenvalue weighted by Crippen LogP contribution is -2.32.